The zero-order valence-electron chi connectivity index (χ0n) is 15.0. The largest absolute Gasteiger partial charge is 0.354 e. The molecule has 0 radical (unpaired) electrons. The molecule has 1 aliphatic carbocycles. The minimum absolute atomic E-state index is 0.156. The number of imide groups is 1. The highest BCUT2D eigenvalue weighted by Gasteiger charge is 2.50. The van der Waals surface area contributed by atoms with Gasteiger partial charge in [-0.1, -0.05) is 40.9 Å². The Morgan fingerprint density at radius 2 is 1.88 bits per heavy atom. The third kappa shape index (κ3) is 4.00. The normalized spacial score (nSPS) is 23.7. The highest BCUT2D eigenvalue weighted by atomic mass is 79.9. The number of carbonyl (C=O) groups is 3. The van der Waals surface area contributed by atoms with Crippen LogP contribution >= 0.6 is 15.9 Å². The first-order valence-corrected chi connectivity index (χ1v) is 10.2. The molecule has 0 bridgehead atoms. The lowest BCUT2D eigenvalue weighted by Gasteiger charge is -2.22. The van der Waals surface area contributed by atoms with Crippen LogP contribution < -0.4 is 5.32 Å². The number of fused-ring (bicyclic) bond motifs is 1. The summed E-state index contributed by atoms with van der Waals surface area (Å²) in [6.45, 7) is 2.18. The smallest absolute Gasteiger partial charge is 0.243 e. The van der Waals surface area contributed by atoms with E-state index in [4.69, 9.17) is 0 Å². The van der Waals surface area contributed by atoms with E-state index in [2.05, 4.69) is 33.4 Å². The molecule has 3 amide bonds. The Kier molecular flexibility index (Phi) is 6.12. The van der Waals surface area contributed by atoms with E-state index in [1.165, 1.54) is 10.5 Å². The second-order valence-corrected chi connectivity index (χ2v) is 8.16. The molecule has 3 rings (SSSR count). The average Bonchev–Trinajstić information content (AvgIpc) is 2.89. The summed E-state index contributed by atoms with van der Waals surface area (Å²) < 4.78 is 1.04. The van der Waals surface area contributed by atoms with Crippen molar-refractivity contribution in [2.75, 3.05) is 6.54 Å². The monoisotopic (exact) mass is 420 g/mol. The van der Waals surface area contributed by atoms with Gasteiger partial charge in [-0.05, 0) is 50.3 Å². The van der Waals surface area contributed by atoms with Crippen LogP contribution in [0.4, 0.5) is 0 Å². The van der Waals surface area contributed by atoms with Crippen molar-refractivity contribution >= 4 is 33.7 Å². The molecule has 1 aromatic carbocycles. The molecule has 140 valence electrons. The fourth-order valence-electron chi connectivity index (χ4n) is 4.03. The van der Waals surface area contributed by atoms with Gasteiger partial charge < -0.3 is 5.32 Å². The number of benzene rings is 1. The summed E-state index contributed by atoms with van der Waals surface area (Å²) in [5.74, 6) is -0.974. The predicted octanol–water partition coefficient (Wildman–Crippen LogP) is 3.06. The Hall–Kier alpha value is -1.69. The van der Waals surface area contributed by atoms with Gasteiger partial charge in [0, 0.05) is 11.0 Å². The van der Waals surface area contributed by atoms with E-state index in [0.29, 0.717) is 6.54 Å². The summed E-state index contributed by atoms with van der Waals surface area (Å²) >= 11 is 3.45. The van der Waals surface area contributed by atoms with Gasteiger partial charge in [-0.15, -0.1) is 0 Å². The van der Waals surface area contributed by atoms with Crippen LogP contribution in [0.5, 0.6) is 0 Å². The fourth-order valence-corrected chi connectivity index (χ4v) is 4.48. The van der Waals surface area contributed by atoms with Crippen molar-refractivity contribution in [3.8, 4) is 0 Å². The minimum atomic E-state index is -0.730. The van der Waals surface area contributed by atoms with E-state index in [1.54, 1.807) is 6.92 Å². The Bertz CT molecular complexity index is 682. The first kappa shape index (κ1) is 19.1. The van der Waals surface area contributed by atoms with Gasteiger partial charge in [0.1, 0.15) is 6.04 Å². The fraction of sp³-hybridized carbons (Fsp3) is 0.550. The van der Waals surface area contributed by atoms with Crippen molar-refractivity contribution in [3.63, 3.8) is 0 Å². The third-order valence-corrected chi connectivity index (χ3v) is 5.97. The second-order valence-electron chi connectivity index (χ2n) is 7.24. The van der Waals surface area contributed by atoms with Crippen molar-refractivity contribution < 1.29 is 14.4 Å². The van der Waals surface area contributed by atoms with Crippen molar-refractivity contribution in [2.45, 2.75) is 51.5 Å². The highest BCUT2D eigenvalue weighted by Crippen LogP contribution is 2.38. The number of halogens is 1. The van der Waals surface area contributed by atoms with E-state index >= 15 is 0 Å². The van der Waals surface area contributed by atoms with Gasteiger partial charge in [0.15, 0.2) is 0 Å². The van der Waals surface area contributed by atoms with Gasteiger partial charge in [-0.3, -0.25) is 19.3 Å². The van der Waals surface area contributed by atoms with Gasteiger partial charge in [-0.2, -0.15) is 0 Å². The maximum absolute atomic E-state index is 12.6. The Morgan fingerprint density at radius 3 is 2.50 bits per heavy atom. The molecule has 1 saturated heterocycles. The molecule has 3 unspecified atom stereocenters. The molecule has 6 heteroatoms. The molecular formula is C20H25BrN2O3. The molecule has 2 fully saturated rings. The van der Waals surface area contributed by atoms with E-state index in [-0.39, 0.29) is 29.6 Å². The molecule has 1 heterocycles. The van der Waals surface area contributed by atoms with Crippen molar-refractivity contribution in [1.29, 1.82) is 0 Å². The lowest BCUT2D eigenvalue weighted by molar-refractivity contribution is -0.147. The number of likely N-dealkylation sites (tertiary alicyclic amines) is 1. The van der Waals surface area contributed by atoms with Crippen LogP contribution in [0, 0.1) is 11.8 Å². The van der Waals surface area contributed by atoms with Crippen LogP contribution in [-0.2, 0) is 20.8 Å². The number of nitrogens with one attached hydrogen (secondary N) is 1. The van der Waals surface area contributed by atoms with Gasteiger partial charge in [0.25, 0.3) is 0 Å². The molecule has 3 atom stereocenters. The molecule has 0 spiro atoms. The topological polar surface area (TPSA) is 66.5 Å². The van der Waals surface area contributed by atoms with Crippen molar-refractivity contribution in [1.82, 2.24) is 10.2 Å². The zero-order valence-corrected chi connectivity index (χ0v) is 16.6. The first-order valence-electron chi connectivity index (χ1n) is 9.38. The lowest BCUT2D eigenvalue weighted by atomic mass is 9.81. The number of rotatable bonds is 6. The number of carbonyl (C=O) groups excluding carboxylic acids is 3. The standard InChI is InChI=1S/C20H25BrN2O3/c1-13(23-19(25)16-9-2-3-10-17(16)20(23)26)18(24)22-11-5-7-14-6-4-8-15(21)12-14/h4,6,8,12-13,16-17H,2-3,5,7,9-11H2,1H3,(H,22,24). The minimum Gasteiger partial charge on any atom is -0.354 e. The Morgan fingerprint density at radius 1 is 1.23 bits per heavy atom. The summed E-state index contributed by atoms with van der Waals surface area (Å²) in [4.78, 5) is 38.8. The summed E-state index contributed by atoms with van der Waals surface area (Å²) in [6.07, 6.45) is 5.19. The van der Waals surface area contributed by atoms with Gasteiger partial charge in [0.05, 0.1) is 11.8 Å². The van der Waals surface area contributed by atoms with Gasteiger partial charge in [0.2, 0.25) is 17.7 Å². The number of aryl methyl sites for hydroxylation is 1. The van der Waals surface area contributed by atoms with Crippen molar-refractivity contribution in [2.24, 2.45) is 11.8 Å². The van der Waals surface area contributed by atoms with E-state index in [0.717, 1.165) is 43.0 Å². The van der Waals surface area contributed by atoms with E-state index in [1.807, 2.05) is 12.1 Å². The number of amides is 3. The first-order chi connectivity index (χ1) is 12.5. The van der Waals surface area contributed by atoms with Crippen molar-refractivity contribution in [3.05, 3.63) is 34.3 Å². The molecule has 2 aliphatic rings. The molecule has 1 aromatic rings. The van der Waals surface area contributed by atoms with E-state index < -0.39 is 6.04 Å². The third-order valence-electron chi connectivity index (χ3n) is 5.47. The highest BCUT2D eigenvalue weighted by molar-refractivity contribution is 9.10. The molecule has 1 saturated carbocycles. The second kappa shape index (κ2) is 8.33. The molecule has 1 aliphatic heterocycles. The molecule has 1 N–H and O–H groups in total. The Balaban J connectivity index is 1.50. The number of hydrogen-bond donors (Lipinski definition) is 1. The summed E-state index contributed by atoms with van der Waals surface area (Å²) in [7, 11) is 0. The van der Waals surface area contributed by atoms with Crippen LogP contribution in [-0.4, -0.2) is 35.2 Å². The summed E-state index contributed by atoms with van der Waals surface area (Å²) in [5.41, 5.74) is 1.20. The number of nitrogens with zero attached hydrogens (tertiary/aromatic N) is 1. The average molecular weight is 421 g/mol. The maximum atomic E-state index is 12.6. The van der Waals surface area contributed by atoms with Crippen LogP contribution in [0.3, 0.4) is 0 Å². The molecule has 26 heavy (non-hydrogen) atoms. The summed E-state index contributed by atoms with van der Waals surface area (Å²) in [6, 6.07) is 7.36. The van der Waals surface area contributed by atoms with Gasteiger partial charge >= 0.3 is 0 Å². The Labute approximate surface area is 162 Å². The van der Waals surface area contributed by atoms with Gasteiger partial charge in [-0.25, -0.2) is 0 Å². The van der Waals surface area contributed by atoms with Crippen LogP contribution in [0.25, 0.3) is 0 Å². The van der Waals surface area contributed by atoms with Crippen LogP contribution in [0.15, 0.2) is 28.7 Å². The number of hydrogen-bond acceptors (Lipinski definition) is 3. The molecule has 5 nitrogen and oxygen atoms in total. The van der Waals surface area contributed by atoms with Crippen LogP contribution in [0.1, 0.15) is 44.6 Å². The van der Waals surface area contributed by atoms with E-state index in [9.17, 15) is 14.4 Å². The van der Waals surface area contributed by atoms with Crippen LogP contribution in [0.2, 0.25) is 0 Å². The summed E-state index contributed by atoms with van der Waals surface area (Å²) in [5, 5.41) is 2.87. The lowest BCUT2D eigenvalue weighted by Crippen LogP contribution is -2.48. The molecule has 0 aromatic heterocycles. The maximum Gasteiger partial charge on any atom is 0.243 e. The molecular weight excluding hydrogens is 396 g/mol. The SMILES string of the molecule is CC(C(=O)NCCCc1cccc(Br)c1)N1C(=O)C2CCCCC2C1=O. The quantitative estimate of drug-likeness (QED) is 0.567. The zero-order chi connectivity index (χ0) is 18.7. The predicted molar refractivity (Wildman–Crippen MR) is 102 cm³/mol.